The molecule has 0 saturated heterocycles. The number of hydrogen-bond donors (Lipinski definition) is 3. The second kappa shape index (κ2) is 14.8. The number of para-hydroxylation sites is 1. The number of nitrogens with zero attached hydrogens (tertiary/aromatic N) is 1. The molecule has 6 nitrogen and oxygen atoms in total. The van der Waals surface area contributed by atoms with Crippen molar-refractivity contribution in [2.45, 2.75) is 66.3 Å². The molecule has 0 spiro atoms. The number of benzene rings is 2. The van der Waals surface area contributed by atoms with Gasteiger partial charge in [0.15, 0.2) is 11.5 Å². The Balaban J connectivity index is 0.000000926. The van der Waals surface area contributed by atoms with Crippen LogP contribution in [0.4, 0.5) is 10.1 Å². The van der Waals surface area contributed by atoms with E-state index in [1.54, 1.807) is 32.3 Å². The van der Waals surface area contributed by atoms with Crippen LogP contribution in [0.1, 0.15) is 82.3 Å². The zero-order valence-electron chi connectivity index (χ0n) is 22.0. The van der Waals surface area contributed by atoms with Gasteiger partial charge in [-0.1, -0.05) is 65.7 Å². The SMILES string of the molecule is CC.CCC(NC1=C(Nc2cccc(C(=O)N(C)C)c2O)C(=O)C1)c1cccc(F)c1.CCCC. The molecule has 0 heterocycles. The lowest BCUT2D eigenvalue weighted by atomic mass is 9.95. The number of nitrogens with one attached hydrogen (secondary N) is 2. The van der Waals surface area contributed by atoms with Gasteiger partial charge in [-0.2, -0.15) is 0 Å². The molecule has 1 amide bonds. The van der Waals surface area contributed by atoms with E-state index in [-0.39, 0.29) is 47.0 Å². The normalized spacial score (nSPS) is 12.9. The topological polar surface area (TPSA) is 81.7 Å². The molecule has 0 radical (unpaired) electrons. The van der Waals surface area contributed by atoms with Gasteiger partial charge < -0.3 is 20.6 Å². The van der Waals surface area contributed by atoms with E-state index in [0.717, 1.165) is 5.56 Å². The number of phenols is 1. The maximum atomic E-state index is 13.6. The zero-order valence-corrected chi connectivity index (χ0v) is 22.0. The van der Waals surface area contributed by atoms with E-state index in [2.05, 4.69) is 24.5 Å². The molecule has 0 aromatic heterocycles. The van der Waals surface area contributed by atoms with Gasteiger partial charge in [-0.3, -0.25) is 9.59 Å². The van der Waals surface area contributed by atoms with E-state index in [1.165, 1.54) is 35.9 Å². The van der Waals surface area contributed by atoms with Crippen molar-refractivity contribution in [2.24, 2.45) is 0 Å². The average molecular weight is 486 g/mol. The van der Waals surface area contributed by atoms with E-state index in [1.807, 2.05) is 26.8 Å². The molecular weight excluding hydrogens is 445 g/mol. The van der Waals surface area contributed by atoms with Gasteiger partial charge in [0.05, 0.1) is 23.7 Å². The number of carbonyl (C=O) groups is 2. The molecule has 1 atom stereocenters. The highest BCUT2D eigenvalue weighted by atomic mass is 19.1. The monoisotopic (exact) mass is 485 g/mol. The molecule has 3 rings (SSSR count). The molecule has 1 aliphatic carbocycles. The van der Waals surface area contributed by atoms with Crippen LogP contribution in [0.25, 0.3) is 0 Å². The highest BCUT2D eigenvalue weighted by Crippen LogP contribution is 2.33. The van der Waals surface area contributed by atoms with E-state index >= 15 is 0 Å². The predicted molar refractivity (Wildman–Crippen MR) is 141 cm³/mol. The Morgan fingerprint density at radius 2 is 1.71 bits per heavy atom. The second-order valence-electron chi connectivity index (χ2n) is 8.14. The Hall–Kier alpha value is -3.35. The molecule has 1 aliphatic rings. The standard InChI is InChI=1S/C22H24FN3O3.C4H10.C2H6/c1-4-16(13-7-5-8-14(23)11-13)24-18-12-19(27)20(18)25-17-10-6-9-15(21(17)28)22(29)26(2)3;1-3-4-2;1-2/h5-11,16,24-25,28H,4,12H2,1-3H3;3-4H2,1-2H3;1-2H3. The number of anilines is 1. The second-order valence-corrected chi connectivity index (χ2v) is 8.14. The van der Waals surface area contributed by atoms with Crippen molar-refractivity contribution in [3.63, 3.8) is 0 Å². The van der Waals surface area contributed by atoms with Crippen LogP contribution >= 0.6 is 0 Å². The third kappa shape index (κ3) is 8.12. The molecule has 0 saturated carbocycles. The number of Topliss-reactive ketones (excluding diaryl/α,β-unsaturated/α-hetero) is 1. The van der Waals surface area contributed by atoms with Crippen LogP contribution in [-0.4, -0.2) is 35.8 Å². The first-order valence-electron chi connectivity index (χ1n) is 12.3. The summed E-state index contributed by atoms with van der Waals surface area (Å²) in [4.78, 5) is 25.7. The summed E-state index contributed by atoms with van der Waals surface area (Å²) >= 11 is 0. The highest BCUT2D eigenvalue weighted by molar-refractivity contribution is 6.07. The first-order chi connectivity index (χ1) is 16.7. The fourth-order valence-electron chi connectivity index (χ4n) is 3.21. The number of phenolic OH excluding ortho intramolecular Hbond substituents is 1. The van der Waals surface area contributed by atoms with Crippen molar-refractivity contribution < 1.29 is 19.1 Å². The van der Waals surface area contributed by atoms with Crippen LogP contribution < -0.4 is 10.6 Å². The summed E-state index contributed by atoms with van der Waals surface area (Å²) in [6, 6.07) is 11.0. The fraction of sp³-hybridized carbons (Fsp3) is 0.429. The summed E-state index contributed by atoms with van der Waals surface area (Å²) in [5.74, 6) is -0.970. The number of allylic oxidation sites excluding steroid dienone is 2. The van der Waals surface area contributed by atoms with Gasteiger partial charge in [0.1, 0.15) is 11.5 Å². The van der Waals surface area contributed by atoms with Crippen molar-refractivity contribution in [1.29, 1.82) is 0 Å². The van der Waals surface area contributed by atoms with Crippen LogP contribution in [0.5, 0.6) is 5.75 Å². The third-order valence-electron chi connectivity index (χ3n) is 5.36. The van der Waals surface area contributed by atoms with Gasteiger partial charge in [0.2, 0.25) is 0 Å². The third-order valence-corrected chi connectivity index (χ3v) is 5.36. The van der Waals surface area contributed by atoms with Crippen molar-refractivity contribution in [1.82, 2.24) is 10.2 Å². The van der Waals surface area contributed by atoms with Gasteiger partial charge in [0.25, 0.3) is 5.91 Å². The molecule has 35 heavy (non-hydrogen) atoms. The maximum Gasteiger partial charge on any atom is 0.257 e. The smallest absolute Gasteiger partial charge is 0.257 e. The Morgan fingerprint density at radius 1 is 1.09 bits per heavy atom. The summed E-state index contributed by atoms with van der Waals surface area (Å²) in [5, 5.41) is 16.7. The molecule has 7 heteroatoms. The summed E-state index contributed by atoms with van der Waals surface area (Å²) in [6.07, 6.45) is 3.57. The molecule has 2 aromatic carbocycles. The molecule has 2 aromatic rings. The zero-order chi connectivity index (χ0) is 26.5. The van der Waals surface area contributed by atoms with Gasteiger partial charge in [-0.05, 0) is 36.2 Å². The molecule has 3 N–H and O–H groups in total. The minimum Gasteiger partial charge on any atom is -0.505 e. The molecule has 0 bridgehead atoms. The van der Waals surface area contributed by atoms with Crippen LogP contribution in [0.15, 0.2) is 53.9 Å². The van der Waals surface area contributed by atoms with Crippen LogP contribution in [0, 0.1) is 5.82 Å². The summed E-state index contributed by atoms with van der Waals surface area (Å²) in [5.41, 5.74) is 2.24. The predicted octanol–water partition coefficient (Wildman–Crippen LogP) is 6.40. The summed E-state index contributed by atoms with van der Waals surface area (Å²) in [6.45, 7) is 10.3. The minimum atomic E-state index is -0.337. The first-order valence-corrected chi connectivity index (χ1v) is 12.3. The number of carbonyl (C=O) groups excluding carboxylic acids is 2. The highest BCUT2D eigenvalue weighted by Gasteiger charge is 2.30. The van der Waals surface area contributed by atoms with Crippen molar-refractivity contribution in [2.75, 3.05) is 19.4 Å². The number of ketones is 1. The minimum absolute atomic E-state index is 0.106. The van der Waals surface area contributed by atoms with Gasteiger partial charge >= 0.3 is 0 Å². The first kappa shape index (κ1) is 29.7. The number of hydrogen-bond acceptors (Lipinski definition) is 5. The molecule has 0 aliphatic heterocycles. The van der Waals surface area contributed by atoms with E-state index in [9.17, 15) is 19.1 Å². The molecule has 1 unspecified atom stereocenters. The largest absolute Gasteiger partial charge is 0.505 e. The van der Waals surface area contributed by atoms with Gasteiger partial charge in [0, 0.05) is 19.8 Å². The van der Waals surface area contributed by atoms with Crippen molar-refractivity contribution >= 4 is 17.4 Å². The quantitative estimate of drug-likeness (QED) is 0.377. The lowest BCUT2D eigenvalue weighted by Gasteiger charge is -2.29. The van der Waals surface area contributed by atoms with E-state index in [0.29, 0.717) is 17.8 Å². The number of halogens is 1. The summed E-state index contributed by atoms with van der Waals surface area (Å²) in [7, 11) is 3.19. The van der Waals surface area contributed by atoms with E-state index < -0.39 is 0 Å². The molecule has 192 valence electrons. The lowest BCUT2D eigenvalue weighted by Crippen LogP contribution is -2.34. The molecular formula is C28H40FN3O3. The van der Waals surface area contributed by atoms with Crippen molar-refractivity contribution in [3.05, 3.63) is 70.8 Å². The maximum absolute atomic E-state index is 13.6. The summed E-state index contributed by atoms with van der Waals surface area (Å²) < 4.78 is 13.6. The van der Waals surface area contributed by atoms with Crippen molar-refractivity contribution in [3.8, 4) is 5.75 Å². The van der Waals surface area contributed by atoms with Crippen LogP contribution in [-0.2, 0) is 4.79 Å². The Kier molecular flexibility index (Phi) is 12.6. The number of aromatic hydroxyl groups is 1. The number of unbranched alkanes of at least 4 members (excludes halogenated alkanes) is 1. The number of amides is 1. The Labute approximate surface area is 209 Å². The lowest BCUT2D eigenvalue weighted by molar-refractivity contribution is -0.116. The fourth-order valence-corrected chi connectivity index (χ4v) is 3.21. The molecule has 0 fully saturated rings. The van der Waals surface area contributed by atoms with Crippen LogP contribution in [0.3, 0.4) is 0 Å². The van der Waals surface area contributed by atoms with Gasteiger partial charge in [-0.25, -0.2) is 4.39 Å². The Morgan fingerprint density at radius 3 is 2.23 bits per heavy atom. The average Bonchev–Trinajstić information content (AvgIpc) is 2.86. The van der Waals surface area contributed by atoms with Crippen LogP contribution in [0.2, 0.25) is 0 Å². The number of rotatable bonds is 8. The Bertz CT molecular complexity index is 1020. The van der Waals surface area contributed by atoms with Gasteiger partial charge in [-0.15, -0.1) is 0 Å². The van der Waals surface area contributed by atoms with E-state index in [4.69, 9.17) is 0 Å².